The number of carboxylic acid groups (broad SMARTS) is 1. The number of carboxylic acids is 1. The van der Waals surface area contributed by atoms with Crippen molar-refractivity contribution in [2.45, 2.75) is 19.0 Å². The molecule has 0 saturated heterocycles. The Morgan fingerprint density at radius 1 is 1.23 bits per heavy atom. The van der Waals surface area contributed by atoms with Crippen LogP contribution in [-0.2, 0) is 11.3 Å². The molecule has 0 aliphatic carbocycles. The minimum Gasteiger partial charge on any atom is -0.480 e. The van der Waals surface area contributed by atoms with Gasteiger partial charge in [0.15, 0.2) is 5.78 Å². The molecule has 2 N–H and O–H groups in total. The lowest BCUT2D eigenvalue weighted by molar-refractivity contribution is -0.139. The second-order valence-corrected chi connectivity index (χ2v) is 5.68. The van der Waals surface area contributed by atoms with E-state index in [0.29, 0.717) is 12.1 Å². The molecule has 1 aromatic heterocycles. The summed E-state index contributed by atoms with van der Waals surface area (Å²) in [5.41, 5.74) is 1.36. The number of Topliss-reactive ketones (excluding diaryl/α,β-unsaturated/α-hetero) is 1. The van der Waals surface area contributed by atoms with E-state index >= 15 is 0 Å². The summed E-state index contributed by atoms with van der Waals surface area (Å²) in [5.74, 6) is -1.26. The van der Waals surface area contributed by atoms with E-state index in [4.69, 9.17) is 0 Å². The fraction of sp³-hybridized carbons (Fsp3) is 0.188. The third kappa shape index (κ3) is 4.75. The molecule has 22 heavy (non-hydrogen) atoms. The average Bonchev–Trinajstić information content (AvgIpc) is 2.52. The number of aliphatic carboxylic acids is 1. The van der Waals surface area contributed by atoms with Crippen molar-refractivity contribution >= 4 is 27.7 Å². The van der Waals surface area contributed by atoms with Crippen molar-refractivity contribution in [3.63, 3.8) is 0 Å². The summed E-state index contributed by atoms with van der Waals surface area (Å²) in [5, 5.41) is 12.1. The lowest BCUT2D eigenvalue weighted by atomic mass is 10.0. The van der Waals surface area contributed by atoms with E-state index in [-0.39, 0.29) is 12.2 Å². The molecule has 0 saturated carbocycles. The normalized spacial score (nSPS) is 11.9. The second-order valence-electron chi connectivity index (χ2n) is 4.77. The zero-order valence-corrected chi connectivity index (χ0v) is 13.3. The first-order chi connectivity index (χ1) is 10.6. The maximum absolute atomic E-state index is 12.2. The van der Waals surface area contributed by atoms with E-state index in [1.807, 2.05) is 6.07 Å². The average molecular weight is 363 g/mol. The quantitative estimate of drug-likeness (QED) is 0.740. The first kappa shape index (κ1) is 16.3. The molecule has 5 nitrogen and oxygen atoms in total. The Balaban J connectivity index is 1.98. The Morgan fingerprint density at radius 3 is 2.55 bits per heavy atom. The highest BCUT2D eigenvalue weighted by Crippen LogP contribution is 2.13. The van der Waals surface area contributed by atoms with Gasteiger partial charge in [0.25, 0.3) is 0 Å². The van der Waals surface area contributed by atoms with E-state index in [9.17, 15) is 14.7 Å². The molecule has 1 atom stereocenters. The molecule has 2 aromatic rings. The Hall–Kier alpha value is -2.05. The molecule has 1 heterocycles. The predicted octanol–water partition coefficient (Wildman–Crippen LogP) is 2.66. The minimum absolute atomic E-state index is 0.1000. The Kier molecular flexibility index (Phi) is 5.80. The number of rotatable bonds is 7. The Morgan fingerprint density at radius 2 is 1.95 bits per heavy atom. The van der Waals surface area contributed by atoms with E-state index in [1.165, 1.54) is 0 Å². The first-order valence-electron chi connectivity index (χ1n) is 6.70. The fourth-order valence-electron chi connectivity index (χ4n) is 1.93. The molecule has 0 bridgehead atoms. The summed E-state index contributed by atoms with van der Waals surface area (Å²) in [6.07, 6.45) is 3.20. The molecule has 6 heteroatoms. The number of nitrogens with zero attached hydrogens (tertiary/aromatic N) is 1. The highest BCUT2D eigenvalue weighted by Gasteiger charge is 2.21. The fourth-order valence-corrected chi connectivity index (χ4v) is 2.19. The van der Waals surface area contributed by atoms with Gasteiger partial charge in [-0.05, 0) is 23.8 Å². The number of carbonyl (C=O) groups is 2. The monoisotopic (exact) mass is 362 g/mol. The summed E-state index contributed by atoms with van der Waals surface area (Å²) in [7, 11) is 0. The molecule has 0 spiro atoms. The molecular formula is C16H15BrN2O3. The van der Waals surface area contributed by atoms with Crippen LogP contribution in [0.3, 0.4) is 0 Å². The molecule has 0 amide bonds. The van der Waals surface area contributed by atoms with Gasteiger partial charge in [-0.3, -0.25) is 19.9 Å². The Labute approximate surface area is 136 Å². The van der Waals surface area contributed by atoms with Crippen LogP contribution in [0.2, 0.25) is 0 Å². The van der Waals surface area contributed by atoms with Crippen molar-refractivity contribution in [1.82, 2.24) is 10.3 Å². The van der Waals surface area contributed by atoms with Gasteiger partial charge in [0, 0.05) is 35.4 Å². The van der Waals surface area contributed by atoms with Gasteiger partial charge in [-0.1, -0.05) is 34.1 Å². The van der Waals surface area contributed by atoms with Crippen LogP contribution in [0.15, 0.2) is 53.3 Å². The third-order valence-electron chi connectivity index (χ3n) is 3.13. The maximum atomic E-state index is 12.2. The number of hydrogen-bond donors (Lipinski definition) is 2. The van der Waals surface area contributed by atoms with Crippen molar-refractivity contribution in [2.24, 2.45) is 0 Å². The second kappa shape index (κ2) is 7.82. The van der Waals surface area contributed by atoms with Gasteiger partial charge in [-0.2, -0.15) is 0 Å². The molecule has 0 aliphatic rings. The lowest BCUT2D eigenvalue weighted by Gasteiger charge is -2.13. The molecule has 114 valence electrons. The number of halogens is 1. The van der Waals surface area contributed by atoms with Crippen LogP contribution in [-0.4, -0.2) is 27.9 Å². The SMILES string of the molecule is O=C(C[C@H](NCc1cccnc1)C(=O)O)c1ccc(Br)cc1. The van der Waals surface area contributed by atoms with Crippen LogP contribution in [0.5, 0.6) is 0 Å². The number of carbonyl (C=O) groups excluding carboxylic acids is 1. The summed E-state index contributed by atoms with van der Waals surface area (Å²) in [6, 6.07) is 9.54. The number of aromatic nitrogens is 1. The van der Waals surface area contributed by atoms with Gasteiger partial charge in [-0.15, -0.1) is 0 Å². The zero-order chi connectivity index (χ0) is 15.9. The van der Waals surface area contributed by atoms with Crippen molar-refractivity contribution in [3.8, 4) is 0 Å². The number of benzene rings is 1. The molecule has 0 radical (unpaired) electrons. The summed E-state index contributed by atoms with van der Waals surface area (Å²) >= 11 is 3.30. The zero-order valence-electron chi connectivity index (χ0n) is 11.7. The standard InChI is InChI=1S/C16H15BrN2O3/c17-13-5-3-12(4-6-13)15(20)8-14(16(21)22)19-10-11-2-1-7-18-9-11/h1-7,9,14,19H,8,10H2,(H,21,22)/t14-/m0/s1. The number of pyridine rings is 1. The van der Waals surface area contributed by atoms with E-state index in [1.54, 1.807) is 42.7 Å². The van der Waals surface area contributed by atoms with Crippen LogP contribution in [0, 0.1) is 0 Å². The van der Waals surface area contributed by atoms with Gasteiger partial charge in [-0.25, -0.2) is 0 Å². The molecule has 0 unspecified atom stereocenters. The van der Waals surface area contributed by atoms with Crippen LogP contribution < -0.4 is 5.32 Å². The number of nitrogens with one attached hydrogen (secondary N) is 1. The molecule has 2 rings (SSSR count). The number of ketones is 1. The van der Waals surface area contributed by atoms with E-state index < -0.39 is 12.0 Å². The lowest BCUT2D eigenvalue weighted by Crippen LogP contribution is -2.38. The van der Waals surface area contributed by atoms with Gasteiger partial charge < -0.3 is 5.11 Å². The largest absolute Gasteiger partial charge is 0.480 e. The van der Waals surface area contributed by atoms with Crippen molar-refractivity contribution in [1.29, 1.82) is 0 Å². The highest BCUT2D eigenvalue weighted by atomic mass is 79.9. The molecular weight excluding hydrogens is 348 g/mol. The first-order valence-corrected chi connectivity index (χ1v) is 7.49. The van der Waals surface area contributed by atoms with E-state index in [0.717, 1.165) is 10.0 Å². The molecule has 0 aliphatic heterocycles. The summed E-state index contributed by atoms with van der Waals surface area (Å²) in [6.45, 7) is 0.346. The van der Waals surface area contributed by atoms with Gasteiger partial charge in [0.05, 0.1) is 0 Å². The van der Waals surface area contributed by atoms with Crippen molar-refractivity contribution < 1.29 is 14.7 Å². The number of hydrogen-bond acceptors (Lipinski definition) is 4. The predicted molar refractivity (Wildman–Crippen MR) is 85.6 cm³/mol. The van der Waals surface area contributed by atoms with Crippen LogP contribution in [0.4, 0.5) is 0 Å². The van der Waals surface area contributed by atoms with Gasteiger partial charge in [0.1, 0.15) is 6.04 Å². The highest BCUT2D eigenvalue weighted by molar-refractivity contribution is 9.10. The maximum Gasteiger partial charge on any atom is 0.321 e. The van der Waals surface area contributed by atoms with Gasteiger partial charge >= 0.3 is 5.97 Å². The van der Waals surface area contributed by atoms with E-state index in [2.05, 4.69) is 26.2 Å². The van der Waals surface area contributed by atoms with Crippen LogP contribution in [0.1, 0.15) is 22.3 Å². The smallest absolute Gasteiger partial charge is 0.321 e. The topological polar surface area (TPSA) is 79.3 Å². The summed E-state index contributed by atoms with van der Waals surface area (Å²) < 4.78 is 0.869. The van der Waals surface area contributed by atoms with Gasteiger partial charge in [0.2, 0.25) is 0 Å². The molecule has 0 fully saturated rings. The minimum atomic E-state index is -1.05. The third-order valence-corrected chi connectivity index (χ3v) is 3.66. The van der Waals surface area contributed by atoms with Crippen LogP contribution >= 0.6 is 15.9 Å². The summed E-state index contributed by atoms with van der Waals surface area (Å²) in [4.78, 5) is 27.4. The Bertz CT molecular complexity index is 644. The van der Waals surface area contributed by atoms with Crippen molar-refractivity contribution in [3.05, 3.63) is 64.4 Å². The molecule has 1 aromatic carbocycles. The van der Waals surface area contributed by atoms with Crippen LogP contribution in [0.25, 0.3) is 0 Å². The van der Waals surface area contributed by atoms with Crippen molar-refractivity contribution in [2.75, 3.05) is 0 Å².